The van der Waals surface area contributed by atoms with Gasteiger partial charge in [0.25, 0.3) is 0 Å². The van der Waals surface area contributed by atoms with Crippen LogP contribution in [0.3, 0.4) is 0 Å². The van der Waals surface area contributed by atoms with Crippen molar-refractivity contribution in [1.29, 1.82) is 0 Å². The van der Waals surface area contributed by atoms with Gasteiger partial charge in [-0.2, -0.15) is 0 Å². The highest BCUT2D eigenvalue weighted by atomic mass is 35.5. The molecule has 0 saturated carbocycles. The van der Waals surface area contributed by atoms with Gasteiger partial charge in [-0.1, -0.05) is 40.9 Å². The van der Waals surface area contributed by atoms with Crippen LogP contribution in [0.15, 0.2) is 12.1 Å². The highest BCUT2D eigenvalue weighted by Crippen LogP contribution is 2.35. The fourth-order valence-corrected chi connectivity index (χ4v) is 3.42. The van der Waals surface area contributed by atoms with E-state index in [-0.39, 0.29) is 6.04 Å². The van der Waals surface area contributed by atoms with Crippen LogP contribution in [0.25, 0.3) is 0 Å². The highest BCUT2D eigenvalue weighted by molar-refractivity contribution is 6.48. The predicted octanol–water partition coefficient (Wildman–Crippen LogP) is 5.11. The molecule has 1 aliphatic rings. The lowest BCUT2D eigenvalue weighted by atomic mass is 9.92. The average molecular weight is 337 g/mol. The number of rotatable bonds is 4. The van der Waals surface area contributed by atoms with Crippen LogP contribution in [0.5, 0.6) is 0 Å². The molecule has 1 heterocycles. The third-order valence-electron chi connectivity index (χ3n) is 4.02. The number of benzene rings is 1. The smallest absolute Gasteiger partial charge is 0.0781 e. The molecule has 5 heteroatoms. The summed E-state index contributed by atoms with van der Waals surface area (Å²) in [6.45, 7) is 6.04. The maximum absolute atomic E-state index is 6.29. The predicted molar refractivity (Wildman–Crippen MR) is 86.0 cm³/mol. The first-order valence-electron chi connectivity index (χ1n) is 6.98. The molecule has 1 fully saturated rings. The lowest BCUT2D eigenvalue weighted by Crippen LogP contribution is -2.38. The lowest BCUT2D eigenvalue weighted by molar-refractivity contribution is 0.0547. The first-order chi connectivity index (χ1) is 9.50. The molecule has 0 aromatic heterocycles. The van der Waals surface area contributed by atoms with Crippen LogP contribution in [0.4, 0.5) is 0 Å². The van der Waals surface area contributed by atoms with Gasteiger partial charge in [0.1, 0.15) is 0 Å². The lowest BCUT2D eigenvalue weighted by Gasteiger charge is -2.31. The fourth-order valence-electron chi connectivity index (χ4n) is 2.71. The summed E-state index contributed by atoms with van der Waals surface area (Å²) in [5.74, 6) is 0.646. The number of halogens is 3. The molecular formula is C15H20Cl3NO. The maximum Gasteiger partial charge on any atom is 0.0781 e. The van der Waals surface area contributed by atoms with Gasteiger partial charge >= 0.3 is 0 Å². The highest BCUT2D eigenvalue weighted by Gasteiger charge is 2.23. The Morgan fingerprint density at radius 2 is 1.75 bits per heavy atom. The number of nitrogens with one attached hydrogen (secondary N) is 1. The number of hydrogen-bond acceptors (Lipinski definition) is 2. The summed E-state index contributed by atoms with van der Waals surface area (Å²) in [5, 5.41) is 5.07. The van der Waals surface area contributed by atoms with E-state index < -0.39 is 0 Å². The first kappa shape index (κ1) is 16.4. The molecule has 112 valence electrons. The quantitative estimate of drug-likeness (QED) is 0.771. The second-order valence-corrected chi connectivity index (χ2v) is 6.55. The standard InChI is InChI=1S/C15H20Cl3NO/c1-9(11-5-7-20-8-6-11)19-10(2)12-3-4-13(16)15(18)14(12)17/h3-4,9-11,19H,5-8H2,1-2H3. The van der Waals surface area contributed by atoms with Crippen LogP contribution in [-0.2, 0) is 4.74 Å². The van der Waals surface area contributed by atoms with Crippen LogP contribution in [0, 0.1) is 5.92 Å². The Morgan fingerprint density at radius 1 is 1.10 bits per heavy atom. The molecule has 20 heavy (non-hydrogen) atoms. The minimum absolute atomic E-state index is 0.134. The minimum Gasteiger partial charge on any atom is -0.381 e. The summed E-state index contributed by atoms with van der Waals surface area (Å²) in [6.07, 6.45) is 2.21. The second kappa shape index (κ2) is 7.33. The summed E-state index contributed by atoms with van der Waals surface area (Å²) in [4.78, 5) is 0. The van der Waals surface area contributed by atoms with Crippen molar-refractivity contribution in [3.05, 3.63) is 32.8 Å². The summed E-state index contributed by atoms with van der Waals surface area (Å²) in [7, 11) is 0. The van der Waals surface area contributed by atoms with Gasteiger partial charge in [-0.25, -0.2) is 0 Å². The van der Waals surface area contributed by atoms with E-state index in [2.05, 4.69) is 19.2 Å². The maximum atomic E-state index is 6.29. The van der Waals surface area contributed by atoms with Crippen LogP contribution < -0.4 is 5.32 Å². The molecule has 2 unspecified atom stereocenters. The summed E-state index contributed by atoms with van der Waals surface area (Å²) >= 11 is 18.4. The van der Waals surface area contributed by atoms with E-state index in [0.29, 0.717) is 27.0 Å². The van der Waals surface area contributed by atoms with Crippen molar-refractivity contribution in [2.75, 3.05) is 13.2 Å². The van der Waals surface area contributed by atoms with Crippen molar-refractivity contribution in [2.45, 2.75) is 38.8 Å². The zero-order valence-electron chi connectivity index (χ0n) is 11.8. The Morgan fingerprint density at radius 3 is 2.40 bits per heavy atom. The zero-order valence-corrected chi connectivity index (χ0v) is 14.0. The van der Waals surface area contributed by atoms with Crippen molar-refractivity contribution < 1.29 is 4.74 Å². The van der Waals surface area contributed by atoms with Crippen LogP contribution in [-0.4, -0.2) is 19.3 Å². The van der Waals surface area contributed by atoms with Gasteiger partial charge < -0.3 is 10.1 Å². The molecule has 1 aromatic rings. The summed E-state index contributed by atoms with van der Waals surface area (Å²) in [5.41, 5.74) is 0.986. The van der Waals surface area contributed by atoms with Crippen molar-refractivity contribution in [2.24, 2.45) is 5.92 Å². The molecule has 1 saturated heterocycles. The van der Waals surface area contributed by atoms with E-state index in [0.717, 1.165) is 31.6 Å². The Balaban J connectivity index is 2.04. The average Bonchev–Trinajstić information content (AvgIpc) is 2.45. The van der Waals surface area contributed by atoms with Gasteiger partial charge in [0.15, 0.2) is 0 Å². The Hall–Kier alpha value is 0.01000. The van der Waals surface area contributed by atoms with Gasteiger partial charge in [0.05, 0.1) is 15.1 Å². The van der Waals surface area contributed by atoms with E-state index in [4.69, 9.17) is 39.5 Å². The zero-order chi connectivity index (χ0) is 14.7. The summed E-state index contributed by atoms with van der Waals surface area (Å²) in [6, 6.07) is 4.28. The number of hydrogen-bond donors (Lipinski definition) is 1. The SMILES string of the molecule is CC(NC(C)C1CCOCC1)c1ccc(Cl)c(Cl)c1Cl. The van der Waals surface area contributed by atoms with E-state index in [1.54, 1.807) is 6.07 Å². The Bertz CT molecular complexity index is 461. The van der Waals surface area contributed by atoms with E-state index in [1.165, 1.54) is 0 Å². The molecule has 2 atom stereocenters. The molecule has 2 rings (SSSR count). The molecule has 0 radical (unpaired) electrons. The van der Waals surface area contributed by atoms with Gasteiger partial charge in [0, 0.05) is 25.3 Å². The minimum atomic E-state index is 0.134. The molecule has 1 aliphatic heterocycles. The van der Waals surface area contributed by atoms with Crippen molar-refractivity contribution in [3.63, 3.8) is 0 Å². The molecule has 0 aliphatic carbocycles. The van der Waals surface area contributed by atoms with E-state index in [1.807, 2.05) is 6.07 Å². The van der Waals surface area contributed by atoms with Gasteiger partial charge in [-0.3, -0.25) is 0 Å². The van der Waals surface area contributed by atoms with Crippen LogP contribution in [0.1, 0.15) is 38.3 Å². The van der Waals surface area contributed by atoms with E-state index in [9.17, 15) is 0 Å². The van der Waals surface area contributed by atoms with Gasteiger partial charge in [0.2, 0.25) is 0 Å². The Labute approximate surface area is 135 Å². The fraction of sp³-hybridized carbons (Fsp3) is 0.600. The Kier molecular flexibility index (Phi) is 6.00. The van der Waals surface area contributed by atoms with Gasteiger partial charge in [-0.15, -0.1) is 0 Å². The number of ether oxygens (including phenoxy) is 1. The molecule has 0 spiro atoms. The third-order valence-corrected chi connectivity index (χ3v) is 5.33. The van der Waals surface area contributed by atoms with Crippen molar-refractivity contribution in [3.8, 4) is 0 Å². The van der Waals surface area contributed by atoms with Crippen molar-refractivity contribution >= 4 is 34.8 Å². The normalized spacial score (nSPS) is 19.9. The monoisotopic (exact) mass is 335 g/mol. The molecule has 1 N–H and O–H groups in total. The van der Waals surface area contributed by atoms with Crippen LogP contribution >= 0.6 is 34.8 Å². The molecule has 0 bridgehead atoms. The molecular weight excluding hydrogens is 317 g/mol. The van der Waals surface area contributed by atoms with Crippen LogP contribution in [0.2, 0.25) is 15.1 Å². The molecule has 0 amide bonds. The second-order valence-electron chi connectivity index (χ2n) is 5.39. The molecule has 1 aromatic carbocycles. The van der Waals surface area contributed by atoms with Gasteiger partial charge in [-0.05, 0) is 44.2 Å². The third kappa shape index (κ3) is 3.80. The topological polar surface area (TPSA) is 21.3 Å². The van der Waals surface area contributed by atoms with E-state index >= 15 is 0 Å². The largest absolute Gasteiger partial charge is 0.381 e. The van der Waals surface area contributed by atoms with Crippen molar-refractivity contribution in [1.82, 2.24) is 5.32 Å². The summed E-state index contributed by atoms with van der Waals surface area (Å²) < 4.78 is 5.41. The molecule has 2 nitrogen and oxygen atoms in total. The first-order valence-corrected chi connectivity index (χ1v) is 8.11.